The lowest BCUT2D eigenvalue weighted by atomic mass is 10.1. The SMILES string of the molecule is CC(O)C(=O)N1CCN(Cc2ccc(C(N)=O)cc2)CC1. The molecule has 1 aromatic carbocycles. The quantitative estimate of drug-likeness (QED) is 0.805. The van der Waals surface area contributed by atoms with E-state index in [1.54, 1.807) is 17.0 Å². The van der Waals surface area contributed by atoms with E-state index in [0.717, 1.165) is 25.2 Å². The van der Waals surface area contributed by atoms with Crippen LogP contribution in [0, 0.1) is 0 Å². The van der Waals surface area contributed by atoms with Gasteiger partial charge < -0.3 is 15.7 Å². The topological polar surface area (TPSA) is 86.9 Å². The number of nitrogens with two attached hydrogens (primary N) is 1. The third kappa shape index (κ3) is 4.03. The number of carbonyl (C=O) groups is 2. The van der Waals surface area contributed by atoms with Gasteiger partial charge in [-0.2, -0.15) is 0 Å². The second-order valence-corrected chi connectivity index (χ2v) is 5.34. The van der Waals surface area contributed by atoms with Crippen molar-refractivity contribution in [3.05, 3.63) is 35.4 Å². The molecule has 0 saturated carbocycles. The van der Waals surface area contributed by atoms with E-state index in [1.165, 1.54) is 6.92 Å². The molecule has 6 heteroatoms. The molecule has 114 valence electrons. The van der Waals surface area contributed by atoms with Gasteiger partial charge >= 0.3 is 0 Å². The van der Waals surface area contributed by atoms with Gasteiger partial charge in [-0.25, -0.2) is 0 Å². The summed E-state index contributed by atoms with van der Waals surface area (Å²) in [6.07, 6.45) is -0.933. The second-order valence-electron chi connectivity index (χ2n) is 5.34. The summed E-state index contributed by atoms with van der Waals surface area (Å²) in [4.78, 5) is 26.6. The molecule has 1 saturated heterocycles. The molecule has 2 amide bonds. The van der Waals surface area contributed by atoms with Gasteiger partial charge in [-0.15, -0.1) is 0 Å². The maximum Gasteiger partial charge on any atom is 0.251 e. The Morgan fingerprint density at radius 2 is 1.76 bits per heavy atom. The van der Waals surface area contributed by atoms with Crippen LogP contribution in [0.15, 0.2) is 24.3 Å². The van der Waals surface area contributed by atoms with E-state index in [1.807, 2.05) is 12.1 Å². The third-order valence-electron chi connectivity index (χ3n) is 3.69. The molecule has 1 aromatic rings. The summed E-state index contributed by atoms with van der Waals surface area (Å²) in [5.41, 5.74) is 6.82. The van der Waals surface area contributed by atoms with Gasteiger partial charge in [0.2, 0.25) is 5.91 Å². The number of hydrogen-bond acceptors (Lipinski definition) is 4. The highest BCUT2D eigenvalue weighted by molar-refractivity contribution is 5.92. The van der Waals surface area contributed by atoms with Gasteiger partial charge in [0.25, 0.3) is 5.91 Å². The van der Waals surface area contributed by atoms with Gasteiger partial charge in [0.1, 0.15) is 6.10 Å². The predicted molar refractivity (Wildman–Crippen MR) is 78.5 cm³/mol. The number of piperazine rings is 1. The molecule has 1 unspecified atom stereocenters. The fraction of sp³-hybridized carbons (Fsp3) is 0.467. The van der Waals surface area contributed by atoms with Crippen LogP contribution in [0.2, 0.25) is 0 Å². The number of benzene rings is 1. The number of primary amides is 1. The number of rotatable bonds is 4. The average molecular weight is 291 g/mol. The molecule has 0 radical (unpaired) electrons. The van der Waals surface area contributed by atoms with Crippen molar-refractivity contribution >= 4 is 11.8 Å². The molecule has 1 fully saturated rings. The van der Waals surface area contributed by atoms with E-state index < -0.39 is 12.0 Å². The molecule has 0 spiro atoms. The molecule has 3 N–H and O–H groups in total. The number of amides is 2. The van der Waals surface area contributed by atoms with E-state index in [4.69, 9.17) is 5.73 Å². The fourth-order valence-corrected chi connectivity index (χ4v) is 2.42. The van der Waals surface area contributed by atoms with E-state index in [-0.39, 0.29) is 5.91 Å². The van der Waals surface area contributed by atoms with Gasteiger partial charge in [-0.1, -0.05) is 12.1 Å². The number of aliphatic hydroxyl groups excluding tert-OH is 1. The minimum Gasteiger partial charge on any atom is -0.384 e. The van der Waals surface area contributed by atoms with Crippen molar-refractivity contribution < 1.29 is 14.7 Å². The first-order valence-electron chi connectivity index (χ1n) is 7.05. The van der Waals surface area contributed by atoms with Gasteiger partial charge in [-0.05, 0) is 24.6 Å². The lowest BCUT2D eigenvalue weighted by Crippen LogP contribution is -2.50. The van der Waals surface area contributed by atoms with E-state index >= 15 is 0 Å². The van der Waals surface area contributed by atoms with E-state index in [0.29, 0.717) is 18.7 Å². The number of nitrogens with zero attached hydrogens (tertiary/aromatic N) is 2. The number of carbonyl (C=O) groups excluding carboxylic acids is 2. The normalized spacial score (nSPS) is 17.5. The first kappa shape index (κ1) is 15.5. The molecule has 21 heavy (non-hydrogen) atoms. The summed E-state index contributed by atoms with van der Waals surface area (Å²) in [7, 11) is 0. The largest absolute Gasteiger partial charge is 0.384 e. The Labute approximate surface area is 124 Å². The van der Waals surface area contributed by atoms with E-state index in [9.17, 15) is 14.7 Å². The number of hydrogen-bond donors (Lipinski definition) is 2. The Hall–Kier alpha value is -1.92. The zero-order valence-electron chi connectivity index (χ0n) is 12.2. The summed E-state index contributed by atoms with van der Waals surface area (Å²) < 4.78 is 0. The molecule has 0 aliphatic carbocycles. The van der Waals surface area contributed by atoms with Crippen molar-refractivity contribution in [2.75, 3.05) is 26.2 Å². The monoisotopic (exact) mass is 291 g/mol. The summed E-state index contributed by atoms with van der Waals surface area (Å²) in [5.74, 6) is -0.632. The van der Waals surface area contributed by atoms with Crippen LogP contribution in [0.4, 0.5) is 0 Å². The van der Waals surface area contributed by atoms with Crippen LogP contribution < -0.4 is 5.73 Å². The Bertz CT molecular complexity index is 505. The fourth-order valence-electron chi connectivity index (χ4n) is 2.42. The molecule has 2 rings (SSSR count). The maximum absolute atomic E-state index is 11.7. The summed E-state index contributed by atoms with van der Waals surface area (Å²) in [6, 6.07) is 7.25. The predicted octanol–water partition coefficient (Wildman–Crippen LogP) is -0.189. The van der Waals surface area contributed by atoms with Crippen LogP contribution in [0.3, 0.4) is 0 Å². The zero-order valence-corrected chi connectivity index (χ0v) is 12.2. The van der Waals surface area contributed by atoms with Gasteiger partial charge in [0, 0.05) is 38.3 Å². The van der Waals surface area contributed by atoms with Gasteiger partial charge in [-0.3, -0.25) is 14.5 Å². The molecule has 1 heterocycles. The van der Waals surface area contributed by atoms with Crippen LogP contribution in [0.5, 0.6) is 0 Å². The maximum atomic E-state index is 11.7. The first-order valence-corrected chi connectivity index (χ1v) is 7.05. The molecule has 0 bridgehead atoms. The Morgan fingerprint density at radius 3 is 2.24 bits per heavy atom. The Kier molecular flexibility index (Phi) is 4.93. The van der Waals surface area contributed by atoms with Crippen LogP contribution in [0.25, 0.3) is 0 Å². The highest BCUT2D eigenvalue weighted by atomic mass is 16.3. The van der Waals surface area contributed by atoms with Crippen molar-refractivity contribution in [2.24, 2.45) is 5.73 Å². The van der Waals surface area contributed by atoms with Gasteiger partial charge in [0.05, 0.1) is 0 Å². The molecular weight excluding hydrogens is 270 g/mol. The summed E-state index contributed by atoms with van der Waals surface area (Å²) in [6.45, 7) is 5.07. The molecular formula is C15H21N3O3. The van der Waals surface area contributed by atoms with Crippen molar-refractivity contribution in [3.63, 3.8) is 0 Å². The van der Waals surface area contributed by atoms with Crippen molar-refractivity contribution in [2.45, 2.75) is 19.6 Å². The van der Waals surface area contributed by atoms with Crippen LogP contribution in [-0.4, -0.2) is 59.0 Å². The van der Waals surface area contributed by atoms with Crippen LogP contribution >= 0.6 is 0 Å². The highest BCUT2D eigenvalue weighted by Gasteiger charge is 2.23. The van der Waals surface area contributed by atoms with Crippen molar-refractivity contribution in [1.82, 2.24) is 9.80 Å². The summed E-state index contributed by atoms with van der Waals surface area (Å²) >= 11 is 0. The van der Waals surface area contributed by atoms with Crippen molar-refractivity contribution in [3.8, 4) is 0 Å². The first-order chi connectivity index (χ1) is 9.97. The third-order valence-corrected chi connectivity index (χ3v) is 3.69. The Morgan fingerprint density at radius 1 is 1.19 bits per heavy atom. The average Bonchev–Trinajstić information content (AvgIpc) is 2.47. The zero-order chi connectivity index (χ0) is 15.4. The smallest absolute Gasteiger partial charge is 0.251 e. The van der Waals surface area contributed by atoms with Gasteiger partial charge in [0.15, 0.2) is 0 Å². The minimum atomic E-state index is -0.933. The molecule has 1 aliphatic heterocycles. The van der Waals surface area contributed by atoms with Crippen molar-refractivity contribution in [1.29, 1.82) is 0 Å². The lowest BCUT2D eigenvalue weighted by Gasteiger charge is -2.35. The highest BCUT2D eigenvalue weighted by Crippen LogP contribution is 2.10. The Balaban J connectivity index is 1.86. The summed E-state index contributed by atoms with van der Waals surface area (Å²) in [5, 5.41) is 9.30. The lowest BCUT2D eigenvalue weighted by molar-refractivity contribution is -0.141. The number of aliphatic hydroxyl groups is 1. The minimum absolute atomic E-state index is 0.208. The second kappa shape index (κ2) is 6.69. The van der Waals surface area contributed by atoms with Crippen LogP contribution in [-0.2, 0) is 11.3 Å². The van der Waals surface area contributed by atoms with E-state index in [2.05, 4.69) is 4.90 Å². The van der Waals surface area contributed by atoms with Crippen LogP contribution in [0.1, 0.15) is 22.8 Å². The molecule has 1 aliphatic rings. The molecule has 1 atom stereocenters. The standard InChI is InChI=1S/C15H21N3O3/c1-11(19)15(21)18-8-6-17(7-9-18)10-12-2-4-13(5-3-12)14(16)20/h2-5,11,19H,6-10H2,1H3,(H2,16,20). The molecule has 6 nitrogen and oxygen atoms in total. The molecule has 0 aromatic heterocycles.